The molecule has 1 saturated heterocycles. The maximum Gasteiger partial charge on any atom is 0.325 e. The molecule has 7 heteroatoms. The van der Waals surface area contributed by atoms with Gasteiger partial charge in [0.15, 0.2) is 0 Å². The molecule has 31 heavy (non-hydrogen) atoms. The number of carbonyl (C=O) groups excluding carboxylic acids is 3. The normalized spacial score (nSPS) is 18.2. The Labute approximate surface area is 180 Å². The van der Waals surface area contributed by atoms with E-state index in [2.05, 4.69) is 10.6 Å². The lowest BCUT2D eigenvalue weighted by molar-refractivity contribution is -0.133. The van der Waals surface area contributed by atoms with E-state index in [4.69, 9.17) is 4.74 Å². The van der Waals surface area contributed by atoms with E-state index in [-0.39, 0.29) is 6.54 Å². The summed E-state index contributed by atoms with van der Waals surface area (Å²) in [5.74, 6) is -0.231. The Morgan fingerprint density at radius 3 is 2.45 bits per heavy atom. The zero-order valence-electron chi connectivity index (χ0n) is 17.3. The molecular formula is C24H23N3O4. The predicted molar refractivity (Wildman–Crippen MR) is 118 cm³/mol. The number of rotatable bonds is 6. The van der Waals surface area contributed by atoms with Crippen molar-refractivity contribution in [2.24, 2.45) is 0 Å². The van der Waals surface area contributed by atoms with Crippen molar-refractivity contribution in [3.05, 3.63) is 72.3 Å². The van der Waals surface area contributed by atoms with E-state index in [1.54, 1.807) is 31.2 Å². The summed E-state index contributed by atoms with van der Waals surface area (Å²) in [4.78, 5) is 39.1. The van der Waals surface area contributed by atoms with Crippen molar-refractivity contribution < 1.29 is 19.1 Å². The van der Waals surface area contributed by atoms with Crippen LogP contribution in [0.25, 0.3) is 10.8 Å². The lowest BCUT2D eigenvalue weighted by Crippen LogP contribution is -2.42. The zero-order valence-corrected chi connectivity index (χ0v) is 17.3. The van der Waals surface area contributed by atoms with Crippen LogP contribution in [0.4, 0.5) is 10.5 Å². The van der Waals surface area contributed by atoms with Crippen LogP contribution in [0.2, 0.25) is 0 Å². The number of amides is 4. The third kappa shape index (κ3) is 3.94. The third-order valence-corrected chi connectivity index (χ3v) is 5.35. The minimum atomic E-state index is -1.24. The van der Waals surface area contributed by atoms with Gasteiger partial charge in [0.2, 0.25) is 5.91 Å². The standard InChI is InChI=1S/C24H23N3O4/c1-3-31-20-12-10-19(11-13-20)25-21(28)15-27-22(29)24(2,26-23(27)30)18-9-8-16-6-4-5-7-17(16)14-18/h4-14H,3,15H2,1-2H3,(H,25,28)(H,26,30). The van der Waals surface area contributed by atoms with E-state index in [0.717, 1.165) is 15.7 Å². The van der Waals surface area contributed by atoms with Gasteiger partial charge < -0.3 is 15.4 Å². The summed E-state index contributed by atoms with van der Waals surface area (Å²) in [5.41, 5.74) is -0.0164. The van der Waals surface area contributed by atoms with Gasteiger partial charge in [-0.3, -0.25) is 14.5 Å². The van der Waals surface area contributed by atoms with Crippen molar-refractivity contribution in [2.75, 3.05) is 18.5 Å². The summed E-state index contributed by atoms with van der Waals surface area (Å²) < 4.78 is 5.37. The van der Waals surface area contributed by atoms with Gasteiger partial charge in [-0.1, -0.05) is 36.4 Å². The first kappa shape index (κ1) is 20.4. The molecule has 1 atom stereocenters. The SMILES string of the molecule is CCOc1ccc(NC(=O)CN2C(=O)NC(C)(c3ccc4ccccc4c3)C2=O)cc1. The van der Waals surface area contributed by atoms with Gasteiger partial charge in [0.1, 0.15) is 17.8 Å². The molecule has 3 aromatic rings. The van der Waals surface area contributed by atoms with Crippen molar-refractivity contribution in [2.45, 2.75) is 19.4 Å². The quantitative estimate of drug-likeness (QED) is 0.600. The molecule has 0 saturated carbocycles. The lowest BCUT2D eigenvalue weighted by Gasteiger charge is -2.22. The molecule has 1 unspecified atom stereocenters. The summed E-state index contributed by atoms with van der Waals surface area (Å²) in [7, 11) is 0. The number of nitrogens with zero attached hydrogens (tertiary/aromatic N) is 1. The van der Waals surface area contributed by atoms with Gasteiger partial charge >= 0.3 is 6.03 Å². The highest BCUT2D eigenvalue weighted by atomic mass is 16.5. The molecule has 1 aliphatic heterocycles. The molecule has 0 bridgehead atoms. The van der Waals surface area contributed by atoms with E-state index in [1.807, 2.05) is 49.4 Å². The average Bonchev–Trinajstić information content (AvgIpc) is 2.99. The maximum absolute atomic E-state index is 13.1. The van der Waals surface area contributed by atoms with Crippen LogP contribution in [0.3, 0.4) is 0 Å². The summed E-state index contributed by atoms with van der Waals surface area (Å²) >= 11 is 0. The zero-order chi connectivity index (χ0) is 22.0. The first-order valence-electron chi connectivity index (χ1n) is 10.1. The molecule has 4 amide bonds. The van der Waals surface area contributed by atoms with Crippen LogP contribution >= 0.6 is 0 Å². The largest absolute Gasteiger partial charge is 0.494 e. The fraction of sp³-hybridized carbons (Fsp3) is 0.208. The van der Waals surface area contributed by atoms with Crippen molar-refractivity contribution >= 4 is 34.3 Å². The number of urea groups is 1. The molecule has 3 aromatic carbocycles. The van der Waals surface area contributed by atoms with E-state index in [9.17, 15) is 14.4 Å². The molecule has 0 aromatic heterocycles. The molecular weight excluding hydrogens is 394 g/mol. The summed E-state index contributed by atoms with van der Waals surface area (Å²) in [5, 5.41) is 7.45. The number of imide groups is 1. The topological polar surface area (TPSA) is 87.7 Å². The smallest absolute Gasteiger partial charge is 0.325 e. The van der Waals surface area contributed by atoms with Crippen LogP contribution in [0.1, 0.15) is 19.4 Å². The Hall–Kier alpha value is -3.87. The molecule has 7 nitrogen and oxygen atoms in total. The second-order valence-electron chi connectivity index (χ2n) is 7.51. The van der Waals surface area contributed by atoms with Gasteiger partial charge in [-0.2, -0.15) is 0 Å². The molecule has 0 radical (unpaired) electrons. The van der Waals surface area contributed by atoms with Gasteiger partial charge in [-0.15, -0.1) is 0 Å². The van der Waals surface area contributed by atoms with Gasteiger partial charge in [0, 0.05) is 5.69 Å². The van der Waals surface area contributed by atoms with Gasteiger partial charge in [0.05, 0.1) is 6.61 Å². The minimum absolute atomic E-state index is 0.374. The van der Waals surface area contributed by atoms with Gasteiger partial charge in [-0.05, 0) is 60.5 Å². The molecule has 158 valence electrons. The van der Waals surface area contributed by atoms with Gasteiger partial charge in [0.25, 0.3) is 5.91 Å². The van der Waals surface area contributed by atoms with Crippen molar-refractivity contribution in [1.29, 1.82) is 0 Å². The highest BCUT2D eigenvalue weighted by Gasteiger charge is 2.49. The van der Waals surface area contributed by atoms with E-state index in [1.165, 1.54) is 0 Å². The van der Waals surface area contributed by atoms with Crippen molar-refractivity contribution in [1.82, 2.24) is 10.2 Å². The second kappa shape index (κ2) is 8.10. The van der Waals surface area contributed by atoms with E-state index in [0.29, 0.717) is 23.6 Å². The summed E-state index contributed by atoms with van der Waals surface area (Å²) in [6.45, 7) is 3.72. The number of benzene rings is 3. The number of carbonyl (C=O) groups is 3. The molecule has 2 N–H and O–H groups in total. The Balaban J connectivity index is 1.48. The monoisotopic (exact) mass is 417 g/mol. The van der Waals surface area contributed by atoms with Crippen LogP contribution in [0.5, 0.6) is 5.75 Å². The number of nitrogens with one attached hydrogen (secondary N) is 2. The maximum atomic E-state index is 13.1. The van der Waals surface area contributed by atoms with Crippen molar-refractivity contribution in [3.63, 3.8) is 0 Å². The summed E-state index contributed by atoms with van der Waals surface area (Å²) in [6.07, 6.45) is 0. The number of fused-ring (bicyclic) bond motifs is 1. The Morgan fingerprint density at radius 1 is 1.03 bits per heavy atom. The van der Waals surface area contributed by atoms with E-state index >= 15 is 0 Å². The van der Waals surface area contributed by atoms with Gasteiger partial charge in [-0.25, -0.2) is 4.79 Å². The fourth-order valence-electron chi connectivity index (χ4n) is 3.68. The molecule has 1 heterocycles. The van der Waals surface area contributed by atoms with E-state index < -0.39 is 23.4 Å². The molecule has 0 spiro atoms. The average molecular weight is 417 g/mol. The first-order chi connectivity index (χ1) is 14.9. The van der Waals surface area contributed by atoms with Crippen molar-refractivity contribution in [3.8, 4) is 5.75 Å². The van der Waals surface area contributed by atoms with Crippen LogP contribution in [-0.2, 0) is 15.1 Å². The molecule has 4 rings (SSSR count). The minimum Gasteiger partial charge on any atom is -0.494 e. The number of hydrogen-bond donors (Lipinski definition) is 2. The van der Waals surface area contributed by atoms with Crippen LogP contribution in [0.15, 0.2) is 66.7 Å². The number of anilines is 1. The van der Waals surface area contributed by atoms with Crippen LogP contribution < -0.4 is 15.4 Å². The fourth-order valence-corrected chi connectivity index (χ4v) is 3.68. The summed E-state index contributed by atoms with van der Waals surface area (Å²) in [6, 6.07) is 19.7. The third-order valence-electron chi connectivity index (χ3n) is 5.35. The molecule has 1 aliphatic rings. The second-order valence-corrected chi connectivity index (χ2v) is 7.51. The predicted octanol–water partition coefficient (Wildman–Crippen LogP) is 3.64. The molecule has 1 fully saturated rings. The highest BCUT2D eigenvalue weighted by Crippen LogP contribution is 2.31. The molecule has 0 aliphatic carbocycles. The van der Waals surface area contributed by atoms with Crippen LogP contribution in [0, 0.1) is 0 Å². The Morgan fingerprint density at radius 2 is 1.74 bits per heavy atom. The number of hydrogen-bond acceptors (Lipinski definition) is 4. The lowest BCUT2D eigenvalue weighted by atomic mass is 9.90. The first-order valence-corrected chi connectivity index (χ1v) is 10.1. The highest BCUT2D eigenvalue weighted by molar-refractivity contribution is 6.10. The Bertz CT molecular complexity index is 1160. The number of ether oxygens (including phenoxy) is 1. The van der Waals surface area contributed by atoms with Crippen LogP contribution in [-0.4, -0.2) is 35.9 Å². The Kier molecular flexibility index (Phi) is 5.33.